The molecule has 27 heavy (non-hydrogen) atoms. The minimum Gasteiger partial charge on any atom is -0.394 e. The molecule has 0 radical (unpaired) electrons. The number of hydrogen-bond donors (Lipinski definition) is 4. The van der Waals surface area contributed by atoms with Crippen molar-refractivity contribution in [2.75, 3.05) is 18.9 Å². The van der Waals surface area contributed by atoms with Crippen LogP contribution in [0.3, 0.4) is 0 Å². The third-order valence-electron chi connectivity index (χ3n) is 4.49. The van der Waals surface area contributed by atoms with Gasteiger partial charge in [-0.1, -0.05) is 0 Å². The Bertz CT molecular complexity index is 823. The maximum absolute atomic E-state index is 13.0. The van der Waals surface area contributed by atoms with Crippen molar-refractivity contribution in [2.24, 2.45) is 0 Å². The number of H-pyrrole nitrogens is 1. The Morgan fingerprint density at radius 2 is 2.26 bits per heavy atom. The number of aliphatic hydroxyl groups excluding tert-OH is 1. The summed E-state index contributed by atoms with van der Waals surface area (Å²) in [5.41, 5.74) is 6.33. The molecule has 0 aromatic carbocycles. The fourth-order valence-electron chi connectivity index (χ4n) is 3.17. The zero-order chi connectivity index (χ0) is 18.8. The fraction of sp³-hybridized carbons (Fsp3) is 0.438. The monoisotopic (exact) mass is 400 g/mol. The summed E-state index contributed by atoms with van der Waals surface area (Å²) in [4.78, 5) is 29.1. The summed E-state index contributed by atoms with van der Waals surface area (Å²) < 4.78 is 14.4. The van der Waals surface area contributed by atoms with Gasteiger partial charge in [0, 0.05) is 30.9 Å². The van der Waals surface area contributed by atoms with E-state index in [4.69, 9.17) is 10.8 Å². The predicted molar refractivity (Wildman–Crippen MR) is 98.1 cm³/mol. The van der Waals surface area contributed by atoms with Crippen molar-refractivity contribution in [3.63, 3.8) is 0 Å². The molecule has 1 saturated heterocycles. The Hall–Kier alpha value is -2.59. The van der Waals surface area contributed by atoms with Crippen LogP contribution >= 0.6 is 12.4 Å². The first kappa shape index (κ1) is 20.7. The topological polar surface area (TPSA) is 129 Å². The van der Waals surface area contributed by atoms with Crippen molar-refractivity contribution in [3.8, 4) is 0 Å². The largest absolute Gasteiger partial charge is 0.394 e. The highest BCUT2D eigenvalue weighted by molar-refractivity contribution is 5.98. The minimum absolute atomic E-state index is 0. The number of carbonyl (C=O) groups is 2. The number of nitrogens with one attached hydrogen (secondary N) is 2. The highest BCUT2D eigenvalue weighted by Gasteiger charge is 2.35. The number of likely N-dealkylation sites (tertiary alicyclic amines) is 1. The quantitative estimate of drug-likeness (QED) is 0.576. The van der Waals surface area contributed by atoms with Crippen molar-refractivity contribution in [2.45, 2.75) is 32.0 Å². The predicted octanol–water partition coefficient (Wildman–Crippen LogP) is 0.380. The van der Waals surface area contributed by atoms with Gasteiger partial charge >= 0.3 is 0 Å². The minimum atomic E-state index is -0.512. The molecule has 2 atom stereocenters. The van der Waals surface area contributed by atoms with Crippen LogP contribution < -0.4 is 11.1 Å². The Balaban J connectivity index is 0.00000261. The number of nitrogens with two attached hydrogens (primary N) is 1. The first-order chi connectivity index (χ1) is 12.4. The molecule has 0 spiro atoms. The summed E-state index contributed by atoms with van der Waals surface area (Å²) in [6.45, 7) is 2.28. The van der Waals surface area contributed by atoms with Crippen LogP contribution in [0.15, 0.2) is 18.5 Å². The Morgan fingerprint density at radius 1 is 1.52 bits per heavy atom. The molecule has 3 heterocycles. The molecule has 148 valence electrons. The molecule has 11 heteroatoms. The molecule has 0 aliphatic carbocycles. The maximum Gasteiger partial charge on any atom is 0.268 e. The molecule has 2 aromatic rings. The number of carbonyl (C=O) groups excluding carboxylic acids is 2. The van der Waals surface area contributed by atoms with E-state index >= 15 is 0 Å². The number of hydrogen-bond acceptors (Lipinski definition) is 5. The second-order valence-corrected chi connectivity index (χ2v) is 6.33. The molecule has 2 aromatic heterocycles. The summed E-state index contributed by atoms with van der Waals surface area (Å²) in [6, 6.07) is 0.766. The lowest BCUT2D eigenvalue weighted by Gasteiger charge is -2.21. The number of amides is 2. The molecular formula is C16H22ClFN6O3. The summed E-state index contributed by atoms with van der Waals surface area (Å²) in [5.74, 6) is -1.01. The molecule has 1 aliphatic rings. The molecule has 2 amide bonds. The molecule has 1 aliphatic heterocycles. The van der Waals surface area contributed by atoms with E-state index < -0.39 is 11.7 Å². The third kappa shape index (κ3) is 4.22. The average Bonchev–Trinajstić information content (AvgIpc) is 3.28. The van der Waals surface area contributed by atoms with Gasteiger partial charge in [0.15, 0.2) is 0 Å². The van der Waals surface area contributed by atoms with Gasteiger partial charge in [-0.2, -0.15) is 5.10 Å². The van der Waals surface area contributed by atoms with Gasteiger partial charge in [0.2, 0.25) is 0 Å². The number of aromatic nitrogens is 3. The molecule has 3 rings (SSSR count). The molecule has 5 N–H and O–H groups in total. The number of nitrogens with zero attached hydrogens (tertiary/aromatic N) is 3. The lowest BCUT2D eigenvalue weighted by Crippen LogP contribution is -2.39. The number of rotatable bonds is 5. The van der Waals surface area contributed by atoms with Crippen LogP contribution in [0.25, 0.3) is 0 Å². The van der Waals surface area contributed by atoms with E-state index in [0.717, 1.165) is 12.3 Å². The van der Waals surface area contributed by atoms with Gasteiger partial charge < -0.3 is 26.0 Å². The highest BCUT2D eigenvalue weighted by atomic mass is 35.5. The van der Waals surface area contributed by atoms with Crippen LogP contribution in [-0.4, -0.2) is 61.8 Å². The van der Waals surface area contributed by atoms with Crippen molar-refractivity contribution in [1.29, 1.82) is 0 Å². The summed E-state index contributed by atoms with van der Waals surface area (Å²) in [6.07, 6.45) is 3.06. The van der Waals surface area contributed by atoms with Gasteiger partial charge in [-0.15, -0.1) is 12.4 Å². The maximum atomic E-state index is 13.0. The van der Waals surface area contributed by atoms with Crippen molar-refractivity contribution < 1.29 is 19.1 Å². The lowest BCUT2D eigenvalue weighted by molar-refractivity contribution is 0.0741. The van der Waals surface area contributed by atoms with Gasteiger partial charge in [-0.05, 0) is 13.3 Å². The summed E-state index contributed by atoms with van der Waals surface area (Å²) in [7, 11) is 0. The van der Waals surface area contributed by atoms with E-state index in [2.05, 4.69) is 15.4 Å². The van der Waals surface area contributed by atoms with E-state index in [9.17, 15) is 14.0 Å². The van der Waals surface area contributed by atoms with E-state index in [1.807, 2.05) is 6.92 Å². The molecule has 0 saturated carbocycles. The SMILES string of the molecule is CC1CC(NC(=O)c2cc(F)c[nH]2)CN1C(=O)c1cnn(CCO)c1N.Cl. The van der Waals surface area contributed by atoms with Gasteiger partial charge in [0.25, 0.3) is 11.8 Å². The average molecular weight is 401 g/mol. The molecule has 0 bridgehead atoms. The highest BCUT2D eigenvalue weighted by Crippen LogP contribution is 2.23. The van der Waals surface area contributed by atoms with E-state index in [1.54, 1.807) is 4.90 Å². The molecule has 9 nitrogen and oxygen atoms in total. The normalized spacial score (nSPS) is 19.0. The number of halogens is 2. The standard InChI is InChI=1S/C16H21FN6O3.ClH/c1-9-4-11(21-15(25)13-5-10(17)6-19-13)8-22(9)16(26)12-7-20-23(2-3-24)14(12)18;/h5-7,9,11,19,24H,2-4,8,18H2,1H3,(H,21,25);1H. The zero-order valence-electron chi connectivity index (χ0n) is 14.7. The van der Waals surface area contributed by atoms with Crippen LogP contribution in [0.5, 0.6) is 0 Å². The second-order valence-electron chi connectivity index (χ2n) is 6.33. The Kier molecular flexibility index (Phi) is 6.45. The number of aliphatic hydroxyl groups is 1. The number of anilines is 1. The first-order valence-electron chi connectivity index (χ1n) is 8.28. The van der Waals surface area contributed by atoms with Crippen LogP contribution in [0, 0.1) is 5.82 Å². The van der Waals surface area contributed by atoms with Gasteiger partial charge in [0.1, 0.15) is 22.9 Å². The third-order valence-corrected chi connectivity index (χ3v) is 4.49. The molecule has 1 fully saturated rings. The van der Waals surface area contributed by atoms with Crippen molar-refractivity contribution >= 4 is 30.0 Å². The van der Waals surface area contributed by atoms with E-state index in [1.165, 1.54) is 10.9 Å². The fourth-order valence-corrected chi connectivity index (χ4v) is 3.17. The molecule has 2 unspecified atom stereocenters. The number of nitrogen functional groups attached to an aromatic ring is 1. The smallest absolute Gasteiger partial charge is 0.268 e. The Labute approximate surface area is 161 Å². The van der Waals surface area contributed by atoms with E-state index in [0.29, 0.717) is 13.0 Å². The van der Waals surface area contributed by atoms with Crippen LogP contribution in [0.2, 0.25) is 0 Å². The van der Waals surface area contributed by atoms with Crippen LogP contribution in [0.1, 0.15) is 34.2 Å². The first-order valence-corrected chi connectivity index (χ1v) is 8.28. The summed E-state index contributed by atoms with van der Waals surface area (Å²) >= 11 is 0. The van der Waals surface area contributed by atoms with Crippen molar-refractivity contribution in [1.82, 2.24) is 25.0 Å². The zero-order valence-corrected chi connectivity index (χ0v) is 15.5. The van der Waals surface area contributed by atoms with E-state index in [-0.39, 0.29) is 60.6 Å². The summed E-state index contributed by atoms with van der Waals surface area (Å²) in [5, 5.41) is 15.8. The van der Waals surface area contributed by atoms with Gasteiger partial charge in [0.05, 0.1) is 19.3 Å². The number of aromatic amines is 1. The van der Waals surface area contributed by atoms with Crippen LogP contribution in [-0.2, 0) is 6.54 Å². The van der Waals surface area contributed by atoms with Gasteiger partial charge in [-0.3, -0.25) is 9.59 Å². The Morgan fingerprint density at radius 3 is 2.89 bits per heavy atom. The molecular weight excluding hydrogens is 379 g/mol. The lowest BCUT2D eigenvalue weighted by atomic mass is 10.2. The van der Waals surface area contributed by atoms with Crippen LogP contribution in [0.4, 0.5) is 10.2 Å². The van der Waals surface area contributed by atoms with Gasteiger partial charge in [-0.25, -0.2) is 9.07 Å². The van der Waals surface area contributed by atoms with Crippen molar-refractivity contribution in [3.05, 3.63) is 35.5 Å². The second kappa shape index (κ2) is 8.40.